The van der Waals surface area contributed by atoms with Crippen LogP contribution >= 0.6 is 11.3 Å². The first-order valence-electron chi connectivity index (χ1n) is 7.67. The molecular formula is C16H29NOS. The van der Waals surface area contributed by atoms with Gasteiger partial charge in [0, 0.05) is 22.4 Å². The summed E-state index contributed by atoms with van der Waals surface area (Å²) in [6, 6.07) is 4.98. The molecule has 19 heavy (non-hydrogen) atoms. The SMILES string of the molecule is CCCNC(Cc1ccc(CC)s1)C(CC)OCC. The van der Waals surface area contributed by atoms with Gasteiger partial charge in [-0.25, -0.2) is 0 Å². The lowest BCUT2D eigenvalue weighted by Crippen LogP contribution is -2.43. The zero-order valence-corrected chi connectivity index (χ0v) is 13.7. The van der Waals surface area contributed by atoms with Crippen LogP contribution in [0.3, 0.4) is 0 Å². The summed E-state index contributed by atoms with van der Waals surface area (Å²) in [7, 11) is 0. The van der Waals surface area contributed by atoms with Gasteiger partial charge in [-0.1, -0.05) is 20.8 Å². The molecule has 0 saturated carbocycles. The highest BCUT2D eigenvalue weighted by atomic mass is 32.1. The number of aryl methyl sites for hydroxylation is 1. The zero-order chi connectivity index (χ0) is 14.1. The van der Waals surface area contributed by atoms with Crippen molar-refractivity contribution in [3.05, 3.63) is 21.9 Å². The molecule has 0 aliphatic heterocycles. The summed E-state index contributed by atoms with van der Waals surface area (Å²) < 4.78 is 5.90. The largest absolute Gasteiger partial charge is 0.377 e. The summed E-state index contributed by atoms with van der Waals surface area (Å²) >= 11 is 1.95. The summed E-state index contributed by atoms with van der Waals surface area (Å²) in [6.07, 6.45) is 4.79. The van der Waals surface area contributed by atoms with Gasteiger partial charge in [0.2, 0.25) is 0 Å². The predicted molar refractivity (Wildman–Crippen MR) is 85.2 cm³/mol. The number of nitrogens with one attached hydrogen (secondary N) is 1. The number of rotatable bonds is 10. The fraction of sp³-hybridized carbons (Fsp3) is 0.750. The standard InChI is InChI=1S/C16H29NOS/c1-5-11-17-15(16(7-3)18-8-4)12-14-10-9-13(6-2)19-14/h9-10,15-17H,5-8,11-12H2,1-4H3. The first-order valence-corrected chi connectivity index (χ1v) is 8.49. The Morgan fingerprint density at radius 1 is 1.16 bits per heavy atom. The first kappa shape index (κ1) is 16.7. The van der Waals surface area contributed by atoms with Crippen molar-refractivity contribution in [3.8, 4) is 0 Å². The van der Waals surface area contributed by atoms with E-state index in [9.17, 15) is 0 Å². The fourth-order valence-corrected chi connectivity index (χ4v) is 3.35. The molecule has 0 fully saturated rings. The Morgan fingerprint density at radius 3 is 2.42 bits per heavy atom. The number of hydrogen-bond donors (Lipinski definition) is 1. The van der Waals surface area contributed by atoms with Gasteiger partial charge in [0.15, 0.2) is 0 Å². The molecule has 2 unspecified atom stereocenters. The third-order valence-corrected chi connectivity index (χ3v) is 4.63. The normalized spacial score (nSPS) is 14.5. The maximum Gasteiger partial charge on any atom is 0.0728 e. The van der Waals surface area contributed by atoms with Crippen LogP contribution in [0.1, 0.15) is 50.3 Å². The molecule has 2 nitrogen and oxygen atoms in total. The third-order valence-electron chi connectivity index (χ3n) is 3.38. The molecule has 1 rings (SSSR count). The zero-order valence-electron chi connectivity index (χ0n) is 12.9. The lowest BCUT2D eigenvalue weighted by Gasteiger charge is -2.27. The van der Waals surface area contributed by atoms with Gasteiger partial charge in [-0.05, 0) is 51.3 Å². The third kappa shape index (κ3) is 5.64. The molecule has 1 aromatic rings. The van der Waals surface area contributed by atoms with Crippen molar-refractivity contribution in [2.75, 3.05) is 13.2 Å². The molecule has 3 heteroatoms. The highest BCUT2D eigenvalue weighted by Gasteiger charge is 2.20. The molecule has 1 heterocycles. The van der Waals surface area contributed by atoms with Gasteiger partial charge in [-0.15, -0.1) is 11.3 Å². The lowest BCUT2D eigenvalue weighted by molar-refractivity contribution is 0.0321. The first-order chi connectivity index (χ1) is 9.24. The highest BCUT2D eigenvalue weighted by molar-refractivity contribution is 7.11. The van der Waals surface area contributed by atoms with Gasteiger partial charge in [-0.3, -0.25) is 0 Å². The minimum Gasteiger partial charge on any atom is -0.377 e. The molecule has 0 aromatic carbocycles. The summed E-state index contributed by atoms with van der Waals surface area (Å²) in [5, 5.41) is 3.66. The van der Waals surface area contributed by atoms with E-state index in [-0.39, 0.29) is 0 Å². The van der Waals surface area contributed by atoms with Gasteiger partial charge >= 0.3 is 0 Å². The van der Waals surface area contributed by atoms with Crippen molar-refractivity contribution >= 4 is 11.3 Å². The van der Waals surface area contributed by atoms with Crippen LogP contribution in [0.4, 0.5) is 0 Å². The molecule has 0 amide bonds. The molecule has 0 radical (unpaired) electrons. The van der Waals surface area contributed by atoms with E-state index in [1.165, 1.54) is 16.2 Å². The molecule has 1 aromatic heterocycles. The average molecular weight is 283 g/mol. The number of thiophene rings is 1. The maximum atomic E-state index is 5.90. The number of hydrogen-bond acceptors (Lipinski definition) is 3. The molecule has 0 saturated heterocycles. The summed E-state index contributed by atoms with van der Waals surface area (Å²) in [6.45, 7) is 10.6. The average Bonchev–Trinajstić information content (AvgIpc) is 2.88. The van der Waals surface area contributed by atoms with Crippen molar-refractivity contribution in [1.82, 2.24) is 5.32 Å². The quantitative estimate of drug-likeness (QED) is 0.700. The Bertz CT molecular complexity index is 337. The van der Waals surface area contributed by atoms with Crippen LogP contribution in [0.2, 0.25) is 0 Å². The second kappa shape index (κ2) is 9.51. The Kier molecular flexibility index (Phi) is 8.35. The smallest absolute Gasteiger partial charge is 0.0728 e. The second-order valence-corrected chi connectivity index (χ2v) is 6.14. The Balaban J connectivity index is 2.66. The summed E-state index contributed by atoms with van der Waals surface area (Å²) in [5.74, 6) is 0. The van der Waals surface area contributed by atoms with Crippen molar-refractivity contribution < 1.29 is 4.74 Å². The summed E-state index contributed by atoms with van der Waals surface area (Å²) in [5.41, 5.74) is 0. The van der Waals surface area contributed by atoms with Gasteiger partial charge in [-0.2, -0.15) is 0 Å². The van der Waals surface area contributed by atoms with Crippen LogP contribution in [0.25, 0.3) is 0 Å². The van der Waals surface area contributed by atoms with Gasteiger partial charge in [0.25, 0.3) is 0 Å². The maximum absolute atomic E-state index is 5.90. The van der Waals surface area contributed by atoms with Crippen LogP contribution in [-0.4, -0.2) is 25.3 Å². The Hall–Kier alpha value is -0.380. The monoisotopic (exact) mass is 283 g/mol. The fourth-order valence-electron chi connectivity index (χ4n) is 2.34. The molecular weight excluding hydrogens is 254 g/mol. The van der Waals surface area contributed by atoms with E-state index in [0.717, 1.165) is 32.4 Å². The predicted octanol–water partition coefficient (Wildman–Crippen LogP) is 4.04. The minimum absolute atomic E-state index is 0.323. The lowest BCUT2D eigenvalue weighted by atomic mass is 10.0. The molecule has 0 spiro atoms. The Morgan fingerprint density at radius 2 is 1.89 bits per heavy atom. The second-order valence-electron chi connectivity index (χ2n) is 4.89. The van der Waals surface area contributed by atoms with E-state index in [0.29, 0.717) is 12.1 Å². The molecule has 2 atom stereocenters. The van der Waals surface area contributed by atoms with E-state index in [4.69, 9.17) is 4.74 Å². The molecule has 0 aliphatic carbocycles. The summed E-state index contributed by atoms with van der Waals surface area (Å²) in [4.78, 5) is 2.96. The minimum atomic E-state index is 0.323. The van der Waals surface area contributed by atoms with Crippen molar-refractivity contribution in [2.45, 2.75) is 65.5 Å². The molecule has 1 N–H and O–H groups in total. The van der Waals surface area contributed by atoms with Crippen molar-refractivity contribution in [1.29, 1.82) is 0 Å². The highest BCUT2D eigenvalue weighted by Crippen LogP contribution is 2.20. The van der Waals surface area contributed by atoms with Crippen LogP contribution < -0.4 is 5.32 Å². The topological polar surface area (TPSA) is 21.3 Å². The van der Waals surface area contributed by atoms with Crippen molar-refractivity contribution in [2.24, 2.45) is 0 Å². The van der Waals surface area contributed by atoms with E-state index in [1.54, 1.807) is 0 Å². The number of ether oxygens (including phenoxy) is 1. The van der Waals surface area contributed by atoms with E-state index < -0.39 is 0 Å². The Labute approximate surface area is 122 Å². The molecule has 110 valence electrons. The van der Waals surface area contributed by atoms with E-state index in [2.05, 4.69) is 45.1 Å². The van der Waals surface area contributed by atoms with Gasteiger partial charge in [0.1, 0.15) is 0 Å². The molecule has 0 bridgehead atoms. The van der Waals surface area contributed by atoms with Gasteiger partial charge in [0.05, 0.1) is 6.10 Å². The van der Waals surface area contributed by atoms with Crippen LogP contribution in [0, 0.1) is 0 Å². The van der Waals surface area contributed by atoms with Crippen LogP contribution in [0.15, 0.2) is 12.1 Å². The van der Waals surface area contributed by atoms with Gasteiger partial charge < -0.3 is 10.1 Å². The van der Waals surface area contributed by atoms with Crippen LogP contribution in [-0.2, 0) is 17.6 Å². The van der Waals surface area contributed by atoms with E-state index in [1.807, 2.05) is 11.3 Å². The van der Waals surface area contributed by atoms with Crippen LogP contribution in [0.5, 0.6) is 0 Å². The van der Waals surface area contributed by atoms with Crippen molar-refractivity contribution in [3.63, 3.8) is 0 Å². The molecule has 0 aliphatic rings. The van der Waals surface area contributed by atoms with E-state index >= 15 is 0 Å².